The molecule has 0 amide bonds. The van der Waals surface area contributed by atoms with Crippen molar-refractivity contribution in [2.45, 2.75) is 6.61 Å². The number of para-hydroxylation sites is 1. The molecule has 0 spiro atoms. The van der Waals surface area contributed by atoms with Gasteiger partial charge in [0.2, 0.25) is 5.88 Å². The van der Waals surface area contributed by atoms with Crippen molar-refractivity contribution < 1.29 is 9.26 Å². The van der Waals surface area contributed by atoms with Crippen molar-refractivity contribution in [3.05, 3.63) is 101 Å². The maximum Gasteiger partial charge on any atom is 0.365 e. The van der Waals surface area contributed by atoms with Crippen molar-refractivity contribution in [1.29, 1.82) is 5.26 Å². The molecule has 0 aliphatic carbocycles. The lowest BCUT2D eigenvalue weighted by Gasteiger charge is -2.09. The van der Waals surface area contributed by atoms with Crippen LogP contribution in [0.5, 0.6) is 5.88 Å². The molecular weight excluding hydrogens is 404 g/mol. The van der Waals surface area contributed by atoms with Crippen LogP contribution >= 0.6 is 0 Å². The van der Waals surface area contributed by atoms with Crippen molar-refractivity contribution in [1.82, 2.24) is 15.1 Å². The van der Waals surface area contributed by atoms with Gasteiger partial charge in [0.25, 0.3) is 0 Å². The van der Waals surface area contributed by atoms with E-state index in [4.69, 9.17) is 9.26 Å². The summed E-state index contributed by atoms with van der Waals surface area (Å²) >= 11 is 0. The van der Waals surface area contributed by atoms with Gasteiger partial charge in [-0.3, -0.25) is 4.98 Å². The third-order valence-electron chi connectivity index (χ3n) is 5.10. The lowest BCUT2D eigenvalue weighted by molar-refractivity contribution is 0.295. The van der Waals surface area contributed by atoms with E-state index in [2.05, 4.69) is 21.2 Å². The number of nitrogens with one attached hydrogen (secondary N) is 1. The number of aromatic amines is 1. The molecule has 7 heteroatoms. The summed E-state index contributed by atoms with van der Waals surface area (Å²) in [5.74, 6) is 0.505. The van der Waals surface area contributed by atoms with Gasteiger partial charge in [-0.15, -0.1) is 0 Å². The highest BCUT2D eigenvalue weighted by Gasteiger charge is 2.19. The summed E-state index contributed by atoms with van der Waals surface area (Å²) in [6.45, 7) is 0.249. The Morgan fingerprint density at radius 1 is 1.03 bits per heavy atom. The van der Waals surface area contributed by atoms with E-state index in [9.17, 15) is 10.1 Å². The fourth-order valence-electron chi connectivity index (χ4n) is 3.55. The Balaban J connectivity index is 1.44. The molecule has 0 unspecified atom stereocenters. The van der Waals surface area contributed by atoms with Gasteiger partial charge in [0, 0.05) is 29.4 Å². The van der Waals surface area contributed by atoms with Gasteiger partial charge in [0.1, 0.15) is 6.61 Å². The summed E-state index contributed by atoms with van der Waals surface area (Å²) in [4.78, 5) is 20.8. The summed E-state index contributed by atoms with van der Waals surface area (Å²) in [5, 5.41) is 13.4. The second-order valence-corrected chi connectivity index (χ2v) is 7.10. The van der Waals surface area contributed by atoms with Crippen LogP contribution in [0.2, 0.25) is 0 Å². The number of benzene rings is 2. The summed E-state index contributed by atoms with van der Waals surface area (Å²) in [6, 6.07) is 22.6. The number of hydrogen-bond donors (Lipinski definition) is 1. The summed E-state index contributed by atoms with van der Waals surface area (Å²) in [5.41, 5.74) is 3.56. The zero-order valence-corrected chi connectivity index (χ0v) is 16.8. The van der Waals surface area contributed by atoms with E-state index in [1.165, 1.54) is 0 Å². The molecule has 0 saturated heterocycles. The molecule has 0 saturated carbocycles. The average Bonchev–Trinajstić information content (AvgIpc) is 3.24. The molecule has 0 bridgehead atoms. The number of fused-ring (bicyclic) bond motifs is 1. The molecule has 0 atom stereocenters. The van der Waals surface area contributed by atoms with Crippen molar-refractivity contribution in [2.24, 2.45) is 0 Å². The predicted molar refractivity (Wildman–Crippen MR) is 119 cm³/mol. The van der Waals surface area contributed by atoms with Crippen LogP contribution in [-0.4, -0.2) is 15.1 Å². The fourth-order valence-corrected chi connectivity index (χ4v) is 3.55. The van der Waals surface area contributed by atoms with Crippen LogP contribution in [0, 0.1) is 11.3 Å². The number of ether oxygens (including phenoxy) is 1. The van der Waals surface area contributed by atoms with E-state index >= 15 is 0 Å². The second-order valence-electron chi connectivity index (χ2n) is 7.10. The predicted octanol–water partition coefficient (Wildman–Crippen LogP) is 4.70. The van der Waals surface area contributed by atoms with Crippen LogP contribution in [0.3, 0.4) is 0 Å². The number of rotatable bonds is 5. The summed E-state index contributed by atoms with van der Waals surface area (Å²) in [7, 11) is 0. The monoisotopic (exact) mass is 420 g/mol. The minimum atomic E-state index is -0.509. The highest BCUT2D eigenvalue weighted by atomic mass is 16.5. The Bertz CT molecular complexity index is 1510. The van der Waals surface area contributed by atoms with Crippen molar-refractivity contribution in [3.63, 3.8) is 0 Å². The molecule has 7 nitrogen and oxygen atoms in total. The highest BCUT2D eigenvalue weighted by molar-refractivity contribution is 5.82. The number of hydrogen-bond acceptors (Lipinski definition) is 6. The number of H-pyrrole nitrogens is 1. The third-order valence-corrected chi connectivity index (χ3v) is 5.10. The maximum absolute atomic E-state index is 12.3. The molecule has 0 aliphatic rings. The van der Waals surface area contributed by atoms with Crippen LogP contribution in [0.4, 0.5) is 0 Å². The number of nitrogens with zero attached hydrogens (tertiary/aromatic N) is 3. The zero-order chi connectivity index (χ0) is 21.9. The number of nitriles is 1. The lowest BCUT2D eigenvalue weighted by atomic mass is 9.97. The van der Waals surface area contributed by atoms with Gasteiger partial charge < -0.3 is 9.26 Å². The molecule has 154 valence electrons. The van der Waals surface area contributed by atoms with Gasteiger partial charge >= 0.3 is 5.63 Å². The molecule has 2 aromatic carbocycles. The molecule has 0 aliphatic heterocycles. The Morgan fingerprint density at radius 2 is 1.88 bits per heavy atom. The summed E-state index contributed by atoms with van der Waals surface area (Å²) in [6.07, 6.45) is 3.19. The smallest absolute Gasteiger partial charge is 0.365 e. The largest absolute Gasteiger partial charge is 0.473 e. The van der Waals surface area contributed by atoms with E-state index < -0.39 is 5.63 Å². The minimum Gasteiger partial charge on any atom is -0.473 e. The van der Waals surface area contributed by atoms with Crippen LogP contribution in [-0.2, 0) is 6.61 Å². The van der Waals surface area contributed by atoms with E-state index in [1.807, 2.05) is 42.5 Å². The van der Waals surface area contributed by atoms with Gasteiger partial charge in [0.05, 0.1) is 28.4 Å². The van der Waals surface area contributed by atoms with E-state index in [1.54, 1.807) is 36.7 Å². The van der Waals surface area contributed by atoms with E-state index in [0.29, 0.717) is 33.8 Å². The number of pyridine rings is 2. The first-order valence-corrected chi connectivity index (χ1v) is 9.87. The normalized spacial score (nSPS) is 10.7. The lowest BCUT2D eigenvalue weighted by Crippen LogP contribution is -2.00. The molecule has 3 aromatic heterocycles. The topological polar surface area (TPSA) is 105 Å². The SMILES string of the molecule is N#Cc1cc(COc2ccc3ccccc3n2)ccc1-c1[nH]oc(=O)c1-c1ccncc1. The molecule has 5 aromatic rings. The molecule has 32 heavy (non-hydrogen) atoms. The summed E-state index contributed by atoms with van der Waals surface area (Å²) < 4.78 is 10.9. The van der Waals surface area contributed by atoms with Crippen molar-refractivity contribution >= 4 is 10.9 Å². The molecule has 0 radical (unpaired) electrons. The Morgan fingerprint density at radius 3 is 2.72 bits per heavy atom. The molecule has 5 rings (SSSR count). The first-order valence-electron chi connectivity index (χ1n) is 9.87. The maximum atomic E-state index is 12.3. The van der Waals surface area contributed by atoms with Gasteiger partial charge in [-0.05, 0) is 41.5 Å². The second kappa shape index (κ2) is 8.20. The zero-order valence-electron chi connectivity index (χ0n) is 16.8. The fraction of sp³-hybridized carbons (Fsp3) is 0.0400. The quantitative estimate of drug-likeness (QED) is 0.442. The van der Waals surface area contributed by atoms with Gasteiger partial charge in [0.15, 0.2) is 0 Å². The molecule has 1 N–H and O–H groups in total. The first kappa shape index (κ1) is 19.3. The molecule has 3 heterocycles. The van der Waals surface area contributed by atoms with Crippen LogP contribution in [0.15, 0.2) is 88.4 Å². The van der Waals surface area contributed by atoms with Gasteiger partial charge in [-0.25, -0.2) is 14.9 Å². The van der Waals surface area contributed by atoms with E-state index in [-0.39, 0.29) is 6.61 Å². The van der Waals surface area contributed by atoms with Crippen LogP contribution in [0.25, 0.3) is 33.3 Å². The van der Waals surface area contributed by atoms with Crippen LogP contribution in [0.1, 0.15) is 11.1 Å². The van der Waals surface area contributed by atoms with Gasteiger partial charge in [-0.2, -0.15) is 5.26 Å². The average molecular weight is 420 g/mol. The van der Waals surface area contributed by atoms with Crippen molar-refractivity contribution in [2.75, 3.05) is 0 Å². The Labute approximate surface area is 182 Å². The Kier molecular flexibility index (Phi) is 4.94. The third kappa shape index (κ3) is 3.61. The molecule has 0 fully saturated rings. The number of aromatic nitrogens is 3. The first-order chi connectivity index (χ1) is 15.7. The standard InChI is InChI=1S/C25H16N4O3/c26-14-19-13-16(15-31-22-8-6-17-3-1-2-4-21(17)28-22)5-7-20(19)24-23(25(30)32-29-24)18-9-11-27-12-10-18/h1-13,29H,15H2. The van der Waals surface area contributed by atoms with Gasteiger partial charge in [-0.1, -0.05) is 30.3 Å². The Hall–Kier alpha value is -4.70. The molecular formula is C25H16N4O3. The van der Waals surface area contributed by atoms with Crippen molar-refractivity contribution in [3.8, 4) is 34.3 Å². The highest BCUT2D eigenvalue weighted by Crippen LogP contribution is 2.31. The van der Waals surface area contributed by atoms with Crippen LogP contribution < -0.4 is 10.4 Å². The van der Waals surface area contributed by atoms with E-state index in [0.717, 1.165) is 16.5 Å². The minimum absolute atomic E-state index is 0.249.